The van der Waals surface area contributed by atoms with E-state index in [0.717, 1.165) is 25.7 Å². The molecule has 0 aliphatic heterocycles. The molecule has 1 aliphatic rings. The minimum absolute atomic E-state index is 0.00262. The Morgan fingerprint density at radius 3 is 2.32 bits per heavy atom. The van der Waals surface area contributed by atoms with Gasteiger partial charge in [0.25, 0.3) is 0 Å². The van der Waals surface area contributed by atoms with Crippen molar-refractivity contribution in [2.24, 2.45) is 10.9 Å². The highest BCUT2D eigenvalue weighted by molar-refractivity contribution is 7.89. The number of rotatable bonds is 3. The van der Waals surface area contributed by atoms with Crippen molar-refractivity contribution in [1.82, 2.24) is 0 Å². The third kappa shape index (κ3) is 3.92. The van der Waals surface area contributed by atoms with E-state index in [4.69, 9.17) is 15.6 Å². The Morgan fingerprint density at radius 2 is 1.68 bits per heavy atom. The second-order valence-corrected chi connectivity index (χ2v) is 6.54. The summed E-state index contributed by atoms with van der Waals surface area (Å²) in [6.45, 7) is 0. The zero-order chi connectivity index (χ0) is 13.9. The van der Waals surface area contributed by atoms with Gasteiger partial charge in [0.15, 0.2) is 0 Å². The zero-order valence-electron chi connectivity index (χ0n) is 10.8. The molecule has 2 rings (SSSR count). The molecule has 0 saturated heterocycles. The van der Waals surface area contributed by atoms with Crippen LogP contribution < -0.4 is 15.6 Å². The lowest BCUT2D eigenvalue weighted by Crippen LogP contribution is -2.37. The highest BCUT2D eigenvalue weighted by atomic mass is 32.2. The van der Waals surface area contributed by atoms with Gasteiger partial charge in [-0.3, -0.25) is 0 Å². The fourth-order valence-electron chi connectivity index (χ4n) is 2.33. The van der Waals surface area contributed by atoms with Gasteiger partial charge in [-0.15, -0.1) is 0 Å². The zero-order valence-corrected chi connectivity index (χ0v) is 11.6. The summed E-state index contributed by atoms with van der Waals surface area (Å²) < 4.78 is 28.2. The minimum Gasteiger partial charge on any atom is -0.489 e. The van der Waals surface area contributed by atoms with Crippen molar-refractivity contribution in [2.75, 3.05) is 0 Å². The Balaban J connectivity index is 2.06. The molecule has 1 aliphatic carbocycles. The third-order valence-electron chi connectivity index (χ3n) is 3.44. The molecule has 0 bridgehead atoms. The Kier molecular flexibility index (Phi) is 4.44. The Labute approximate surface area is 114 Å². The van der Waals surface area contributed by atoms with Crippen LogP contribution in [0.2, 0.25) is 0 Å². The molecule has 2 atom stereocenters. The van der Waals surface area contributed by atoms with Crippen molar-refractivity contribution in [1.29, 1.82) is 0 Å². The summed E-state index contributed by atoms with van der Waals surface area (Å²) in [6.07, 6.45) is 5.37. The lowest BCUT2D eigenvalue weighted by molar-refractivity contribution is 0.162. The normalized spacial score (nSPS) is 24.7. The lowest BCUT2D eigenvalue weighted by Gasteiger charge is -2.22. The minimum atomic E-state index is -3.65. The van der Waals surface area contributed by atoms with Gasteiger partial charge in [-0.1, -0.05) is 12.8 Å². The molecular weight excluding hydrogens is 264 g/mol. The van der Waals surface area contributed by atoms with Crippen molar-refractivity contribution in [3.05, 3.63) is 24.3 Å². The van der Waals surface area contributed by atoms with Crippen LogP contribution in [-0.2, 0) is 10.0 Å². The van der Waals surface area contributed by atoms with E-state index < -0.39 is 10.0 Å². The van der Waals surface area contributed by atoms with Crippen molar-refractivity contribution in [2.45, 2.75) is 49.1 Å². The van der Waals surface area contributed by atoms with E-state index >= 15 is 0 Å². The van der Waals surface area contributed by atoms with E-state index in [1.54, 1.807) is 12.1 Å². The number of nitrogens with two attached hydrogens (primary N) is 2. The summed E-state index contributed by atoms with van der Waals surface area (Å²) in [5, 5.41) is 5.05. The van der Waals surface area contributed by atoms with Crippen LogP contribution in [0.4, 0.5) is 0 Å². The summed E-state index contributed by atoms with van der Waals surface area (Å²) in [4.78, 5) is 0.0880. The summed E-state index contributed by atoms with van der Waals surface area (Å²) in [7, 11) is -3.65. The van der Waals surface area contributed by atoms with Crippen LogP contribution in [0.5, 0.6) is 5.75 Å². The molecule has 1 saturated carbocycles. The van der Waals surface area contributed by atoms with Crippen LogP contribution in [0, 0.1) is 0 Å². The van der Waals surface area contributed by atoms with Crippen molar-refractivity contribution >= 4 is 10.0 Å². The van der Waals surface area contributed by atoms with Crippen LogP contribution >= 0.6 is 0 Å². The Morgan fingerprint density at radius 1 is 1.05 bits per heavy atom. The molecule has 1 aromatic carbocycles. The monoisotopic (exact) mass is 284 g/mol. The predicted molar refractivity (Wildman–Crippen MR) is 73.3 cm³/mol. The Hall–Kier alpha value is -1.11. The second-order valence-electron chi connectivity index (χ2n) is 4.97. The molecule has 1 aromatic rings. The molecule has 1 fully saturated rings. The van der Waals surface area contributed by atoms with E-state index in [9.17, 15) is 8.42 Å². The van der Waals surface area contributed by atoms with Gasteiger partial charge in [0.05, 0.1) is 4.90 Å². The van der Waals surface area contributed by atoms with Crippen LogP contribution in [0.15, 0.2) is 29.2 Å². The first-order chi connectivity index (χ1) is 8.97. The standard InChI is InChI=1S/C13H20N2O3S/c14-12-4-2-1-3-5-13(12)18-10-6-8-11(9-7-10)19(15,16)17/h6-9,12-13H,1-5,14H2,(H2,15,16,17). The molecule has 0 amide bonds. The maximum absolute atomic E-state index is 11.1. The molecule has 2 unspecified atom stereocenters. The predicted octanol–water partition coefficient (Wildman–Crippen LogP) is 1.37. The largest absolute Gasteiger partial charge is 0.489 e. The van der Waals surface area contributed by atoms with Gasteiger partial charge in [0.1, 0.15) is 11.9 Å². The fourth-order valence-corrected chi connectivity index (χ4v) is 2.85. The van der Waals surface area contributed by atoms with Crippen LogP contribution in [0.25, 0.3) is 0 Å². The number of hydrogen-bond donors (Lipinski definition) is 2. The first-order valence-electron chi connectivity index (χ1n) is 6.52. The highest BCUT2D eigenvalue weighted by Gasteiger charge is 2.22. The fraction of sp³-hybridized carbons (Fsp3) is 0.538. The first-order valence-corrected chi connectivity index (χ1v) is 8.06. The topological polar surface area (TPSA) is 95.4 Å². The van der Waals surface area contributed by atoms with Crippen LogP contribution in [0.3, 0.4) is 0 Å². The molecule has 4 N–H and O–H groups in total. The summed E-state index contributed by atoms with van der Waals surface area (Å²) >= 11 is 0. The van der Waals surface area contributed by atoms with E-state index in [2.05, 4.69) is 0 Å². The van der Waals surface area contributed by atoms with E-state index in [1.165, 1.54) is 18.6 Å². The quantitative estimate of drug-likeness (QED) is 0.819. The van der Waals surface area contributed by atoms with Gasteiger partial charge in [0, 0.05) is 6.04 Å². The van der Waals surface area contributed by atoms with Crippen LogP contribution in [-0.4, -0.2) is 20.6 Å². The molecule has 6 heteroatoms. The van der Waals surface area contributed by atoms with Gasteiger partial charge < -0.3 is 10.5 Å². The summed E-state index contributed by atoms with van der Waals surface area (Å²) in [5.41, 5.74) is 6.09. The van der Waals surface area contributed by atoms with Crippen LogP contribution in [0.1, 0.15) is 32.1 Å². The maximum Gasteiger partial charge on any atom is 0.238 e. The smallest absolute Gasteiger partial charge is 0.238 e. The van der Waals surface area contributed by atoms with Crippen molar-refractivity contribution in [3.8, 4) is 5.75 Å². The van der Waals surface area contributed by atoms with E-state index in [0.29, 0.717) is 5.75 Å². The summed E-state index contributed by atoms with van der Waals surface area (Å²) in [6, 6.07) is 6.19. The number of primary sulfonamides is 1. The van der Waals surface area contributed by atoms with Gasteiger partial charge in [-0.2, -0.15) is 0 Å². The van der Waals surface area contributed by atoms with E-state index in [1.807, 2.05) is 0 Å². The van der Waals surface area contributed by atoms with Gasteiger partial charge in [-0.05, 0) is 43.5 Å². The van der Waals surface area contributed by atoms with Gasteiger partial charge in [-0.25, -0.2) is 13.6 Å². The van der Waals surface area contributed by atoms with Gasteiger partial charge in [0.2, 0.25) is 10.0 Å². The molecule has 0 radical (unpaired) electrons. The van der Waals surface area contributed by atoms with Gasteiger partial charge >= 0.3 is 0 Å². The molecule has 19 heavy (non-hydrogen) atoms. The molecule has 0 heterocycles. The average Bonchev–Trinajstić information content (AvgIpc) is 2.55. The number of ether oxygens (including phenoxy) is 1. The molecular formula is C13H20N2O3S. The number of sulfonamides is 1. The van der Waals surface area contributed by atoms with Crippen molar-refractivity contribution in [3.63, 3.8) is 0 Å². The average molecular weight is 284 g/mol. The number of benzene rings is 1. The molecule has 5 nitrogen and oxygen atoms in total. The third-order valence-corrected chi connectivity index (χ3v) is 4.37. The first kappa shape index (κ1) is 14.3. The van der Waals surface area contributed by atoms with Crippen molar-refractivity contribution < 1.29 is 13.2 Å². The summed E-state index contributed by atoms with van der Waals surface area (Å²) in [5.74, 6) is 0.634. The highest BCUT2D eigenvalue weighted by Crippen LogP contribution is 2.23. The number of hydrogen-bond acceptors (Lipinski definition) is 4. The second kappa shape index (κ2) is 5.90. The molecule has 0 spiro atoms. The maximum atomic E-state index is 11.1. The SMILES string of the molecule is NC1CCCCCC1Oc1ccc(S(N)(=O)=O)cc1. The van der Waals surface area contributed by atoms with E-state index in [-0.39, 0.29) is 17.0 Å². The Bertz CT molecular complexity index is 513. The lowest BCUT2D eigenvalue weighted by atomic mass is 10.1. The molecule has 106 valence electrons. The molecule has 0 aromatic heterocycles.